The van der Waals surface area contributed by atoms with E-state index in [0.29, 0.717) is 22.1 Å². The van der Waals surface area contributed by atoms with Gasteiger partial charge in [0, 0.05) is 30.9 Å². The Morgan fingerprint density at radius 3 is 2.42 bits per heavy atom. The van der Waals surface area contributed by atoms with Crippen molar-refractivity contribution in [2.75, 3.05) is 25.0 Å². The molecule has 0 radical (unpaired) electrons. The van der Waals surface area contributed by atoms with E-state index in [1.807, 2.05) is 18.2 Å². The lowest BCUT2D eigenvalue weighted by Gasteiger charge is -2.44. The minimum Gasteiger partial charge on any atom is -0.389 e. The van der Waals surface area contributed by atoms with Gasteiger partial charge in [0.1, 0.15) is 4.99 Å². The molecule has 0 saturated carbocycles. The molecule has 0 aliphatic carbocycles. The van der Waals surface area contributed by atoms with Gasteiger partial charge in [-0.3, -0.25) is 4.90 Å². The van der Waals surface area contributed by atoms with Crippen LogP contribution >= 0.6 is 23.8 Å². The second-order valence-corrected chi connectivity index (χ2v) is 6.11. The summed E-state index contributed by atoms with van der Waals surface area (Å²) in [6, 6.07) is 6.81. The number of halogens is 1. The zero-order valence-electron chi connectivity index (χ0n) is 11.6. The molecule has 1 heterocycles. The van der Waals surface area contributed by atoms with E-state index in [1.54, 1.807) is 0 Å². The molecule has 1 aliphatic heterocycles. The number of hydrogen-bond donors (Lipinski definition) is 1. The van der Waals surface area contributed by atoms with Crippen molar-refractivity contribution in [3.8, 4) is 0 Å². The summed E-state index contributed by atoms with van der Waals surface area (Å²) in [4.78, 5) is 5.08. The molecule has 2 unspecified atom stereocenters. The summed E-state index contributed by atoms with van der Waals surface area (Å²) in [5.74, 6) is 0. The molecule has 104 valence electrons. The Balaban J connectivity index is 2.37. The van der Waals surface area contributed by atoms with Crippen molar-refractivity contribution >= 4 is 34.5 Å². The molecule has 0 spiro atoms. The fourth-order valence-electron chi connectivity index (χ4n) is 2.62. The predicted octanol–water partition coefficient (Wildman–Crippen LogP) is 2.50. The molecule has 2 N–H and O–H groups in total. The molecular formula is C14H20ClN3S. The highest BCUT2D eigenvalue weighted by molar-refractivity contribution is 7.80. The van der Waals surface area contributed by atoms with Crippen LogP contribution in [0.15, 0.2) is 18.2 Å². The van der Waals surface area contributed by atoms with Gasteiger partial charge < -0.3 is 10.6 Å². The second kappa shape index (κ2) is 5.65. The summed E-state index contributed by atoms with van der Waals surface area (Å²) >= 11 is 11.4. The molecule has 1 aromatic carbocycles. The minimum atomic E-state index is 0.361. The van der Waals surface area contributed by atoms with Crippen LogP contribution in [0.1, 0.15) is 19.4 Å². The van der Waals surface area contributed by atoms with Gasteiger partial charge in [0.25, 0.3) is 0 Å². The molecule has 2 rings (SSSR count). The largest absolute Gasteiger partial charge is 0.389 e. The second-order valence-electron chi connectivity index (χ2n) is 5.27. The first-order valence-corrected chi connectivity index (χ1v) is 7.25. The average Bonchev–Trinajstić information content (AvgIpc) is 2.34. The van der Waals surface area contributed by atoms with Gasteiger partial charge in [-0.05, 0) is 33.0 Å². The maximum absolute atomic E-state index is 6.24. The number of piperazine rings is 1. The summed E-state index contributed by atoms with van der Waals surface area (Å²) in [5.41, 5.74) is 7.67. The van der Waals surface area contributed by atoms with Crippen molar-refractivity contribution in [3.05, 3.63) is 28.8 Å². The maximum atomic E-state index is 6.24. The lowest BCUT2D eigenvalue weighted by Crippen LogP contribution is -2.55. The third-order valence-electron chi connectivity index (χ3n) is 3.94. The van der Waals surface area contributed by atoms with Gasteiger partial charge in [0.05, 0.1) is 10.6 Å². The van der Waals surface area contributed by atoms with E-state index in [0.717, 1.165) is 24.3 Å². The molecule has 1 saturated heterocycles. The van der Waals surface area contributed by atoms with Crippen LogP contribution in [0.3, 0.4) is 0 Å². The fourth-order valence-corrected chi connectivity index (χ4v) is 3.16. The third-order valence-corrected chi connectivity index (χ3v) is 4.46. The molecule has 0 amide bonds. The standard InChI is InChI=1S/C14H20ClN3S/c1-9-7-18(8-10(2)17(9)3)12-6-4-5-11(15)13(12)14(16)19/h4-6,9-10H,7-8H2,1-3H3,(H2,16,19). The quantitative estimate of drug-likeness (QED) is 0.850. The highest BCUT2D eigenvalue weighted by Crippen LogP contribution is 2.30. The van der Waals surface area contributed by atoms with Gasteiger partial charge in [0.15, 0.2) is 0 Å². The van der Waals surface area contributed by atoms with Crippen molar-refractivity contribution in [3.63, 3.8) is 0 Å². The van der Waals surface area contributed by atoms with Gasteiger partial charge in [0.2, 0.25) is 0 Å². The van der Waals surface area contributed by atoms with Crippen molar-refractivity contribution in [2.24, 2.45) is 5.73 Å². The van der Waals surface area contributed by atoms with Gasteiger partial charge in [-0.2, -0.15) is 0 Å². The number of hydrogen-bond acceptors (Lipinski definition) is 3. The summed E-state index contributed by atoms with van der Waals surface area (Å²) in [6.07, 6.45) is 0. The Labute approximate surface area is 125 Å². The van der Waals surface area contributed by atoms with E-state index in [-0.39, 0.29) is 0 Å². The summed E-state index contributed by atoms with van der Waals surface area (Å²) < 4.78 is 0. The summed E-state index contributed by atoms with van der Waals surface area (Å²) in [5, 5.41) is 0.629. The Morgan fingerprint density at radius 2 is 1.89 bits per heavy atom. The summed E-state index contributed by atoms with van der Waals surface area (Å²) in [7, 11) is 2.17. The van der Waals surface area contributed by atoms with Gasteiger partial charge in [-0.1, -0.05) is 29.9 Å². The lowest BCUT2D eigenvalue weighted by molar-refractivity contribution is 0.170. The topological polar surface area (TPSA) is 32.5 Å². The number of rotatable bonds is 2. The van der Waals surface area contributed by atoms with Crippen LogP contribution in [0.25, 0.3) is 0 Å². The SMILES string of the molecule is CC1CN(c2cccc(Cl)c2C(N)=S)CC(C)N1C. The van der Waals surface area contributed by atoms with Crippen LogP contribution in [-0.4, -0.2) is 42.1 Å². The first kappa shape index (κ1) is 14.6. The molecule has 19 heavy (non-hydrogen) atoms. The molecule has 1 aromatic rings. The van der Waals surface area contributed by atoms with Crippen LogP contribution < -0.4 is 10.6 Å². The number of nitrogens with two attached hydrogens (primary N) is 1. The van der Waals surface area contributed by atoms with Crippen molar-refractivity contribution in [1.29, 1.82) is 0 Å². The Morgan fingerprint density at radius 1 is 1.32 bits per heavy atom. The zero-order valence-corrected chi connectivity index (χ0v) is 13.1. The smallest absolute Gasteiger partial charge is 0.107 e. The Hall–Kier alpha value is -0.840. The maximum Gasteiger partial charge on any atom is 0.107 e. The fraction of sp³-hybridized carbons (Fsp3) is 0.500. The molecule has 1 aliphatic rings. The molecule has 3 nitrogen and oxygen atoms in total. The number of thiocarbonyl (C=S) groups is 1. The molecular weight excluding hydrogens is 278 g/mol. The highest BCUT2D eigenvalue weighted by atomic mass is 35.5. The monoisotopic (exact) mass is 297 g/mol. The molecule has 2 atom stereocenters. The van der Waals surface area contributed by atoms with Crippen LogP contribution in [0.2, 0.25) is 5.02 Å². The van der Waals surface area contributed by atoms with Crippen LogP contribution in [0.4, 0.5) is 5.69 Å². The predicted molar refractivity (Wildman–Crippen MR) is 86.2 cm³/mol. The van der Waals surface area contributed by atoms with E-state index in [1.165, 1.54) is 0 Å². The van der Waals surface area contributed by atoms with Gasteiger partial charge in [-0.25, -0.2) is 0 Å². The summed E-state index contributed by atoms with van der Waals surface area (Å²) in [6.45, 7) is 6.37. The molecule has 0 aromatic heterocycles. The normalized spacial score (nSPS) is 24.5. The third kappa shape index (κ3) is 2.86. The first-order valence-electron chi connectivity index (χ1n) is 6.47. The number of benzene rings is 1. The van der Waals surface area contributed by atoms with Crippen molar-refractivity contribution in [2.45, 2.75) is 25.9 Å². The van der Waals surface area contributed by atoms with Crippen molar-refractivity contribution in [1.82, 2.24) is 4.90 Å². The van der Waals surface area contributed by atoms with Crippen LogP contribution in [0, 0.1) is 0 Å². The lowest BCUT2D eigenvalue weighted by atomic mass is 10.1. The van der Waals surface area contributed by atoms with Crippen LogP contribution in [0.5, 0.6) is 0 Å². The van der Waals surface area contributed by atoms with E-state index in [2.05, 4.69) is 30.7 Å². The highest BCUT2D eigenvalue weighted by Gasteiger charge is 2.28. The number of nitrogens with zero attached hydrogens (tertiary/aromatic N) is 2. The van der Waals surface area contributed by atoms with Crippen LogP contribution in [-0.2, 0) is 0 Å². The number of likely N-dealkylation sites (N-methyl/N-ethyl adjacent to an activating group) is 1. The zero-order chi connectivity index (χ0) is 14.2. The van der Waals surface area contributed by atoms with E-state index in [9.17, 15) is 0 Å². The van der Waals surface area contributed by atoms with Crippen molar-refractivity contribution < 1.29 is 0 Å². The Kier molecular flexibility index (Phi) is 4.33. The van der Waals surface area contributed by atoms with Gasteiger partial charge >= 0.3 is 0 Å². The molecule has 0 bridgehead atoms. The molecule has 5 heteroatoms. The minimum absolute atomic E-state index is 0.361. The van der Waals surface area contributed by atoms with E-state index in [4.69, 9.17) is 29.6 Å². The van der Waals surface area contributed by atoms with E-state index < -0.39 is 0 Å². The number of anilines is 1. The average molecular weight is 298 g/mol. The van der Waals surface area contributed by atoms with Gasteiger partial charge in [-0.15, -0.1) is 0 Å². The Bertz CT molecular complexity index is 480. The molecule has 1 fully saturated rings. The van der Waals surface area contributed by atoms with E-state index >= 15 is 0 Å². The first-order chi connectivity index (χ1) is 8.91.